The van der Waals surface area contributed by atoms with Crippen LogP contribution < -0.4 is 10.1 Å². The van der Waals surface area contributed by atoms with Gasteiger partial charge in [-0.3, -0.25) is 0 Å². The zero-order valence-electron chi connectivity index (χ0n) is 13.2. The van der Waals surface area contributed by atoms with Crippen LogP contribution in [0.5, 0.6) is 5.75 Å². The Balaban J connectivity index is 2.18. The fourth-order valence-electron chi connectivity index (χ4n) is 3.45. The van der Waals surface area contributed by atoms with Crippen molar-refractivity contribution in [2.75, 3.05) is 13.2 Å². The van der Waals surface area contributed by atoms with Gasteiger partial charge in [0.05, 0.1) is 6.61 Å². The predicted molar refractivity (Wildman–Crippen MR) is 85.2 cm³/mol. The molecule has 2 rings (SSSR count). The Hall–Kier alpha value is -1.02. The van der Waals surface area contributed by atoms with Crippen molar-refractivity contribution in [3.05, 3.63) is 29.8 Å². The predicted octanol–water partition coefficient (Wildman–Crippen LogP) is 4.56. The van der Waals surface area contributed by atoms with Crippen LogP contribution >= 0.6 is 0 Å². The fraction of sp³-hybridized carbons (Fsp3) is 0.667. The second kappa shape index (κ2) is 7.68. The van der Waals surface area contributed by atoms with Gasteiger partial charge in [0.15, 0.2) is 0 Å². The van der Waals surface area contributed by atoms with Gasteiger partial charge >= 0.3 is 0 Å². The summed E-state index contributed by atoms with van der Waals surface area (Å²) in [5.41, 5.74) is 1.39. The monoisotopic (exact) mass is 275 g/mol. The average molecular weight is 275 g/mol. The summed E-state index contributed by atoms with van der Waals surface area (Å²) in [6, 6.07) is 9.14. The van der Waals surface area contributed by atoms with Gasteiger partial charge in [0.25, 0.3) is 0 Å². The largest absolute Gasteiger partial charge is 0.494 e. The van der Waals surface area contributed by atoms with Crippen LogP contribution in [0.1, 0.15) is 58.1 Å². The summed E-state index contributed by atoms with van der Waals surface area (Å²) >= 11 is 0. The van der Waals surface area contributed by atoms with Crippen molar-refractivity contribution in [1.82, 2.24) is 5.32 Å². The van der Waals surface area contributed by atoms with E-state index in [0.717, 1.165) is 30.7 Å². The summed E-state index contributed by atoms with van der Waals surface area (Å²) in [5, 5.41) is 3.77. The second-order valence-corrected chi connectivity index (χ2v) is 6.01. The normalized spacial score (nSPS) is 23.8. The molecular weight excluding hydrogens is 246 g/mol. The quantitative estimate of drug-likeness (QED) is 0.787. The van der Waals surface area contributed by atoms with Crippen LogP contribution in [0.4, 0.5) is 0 Å². The van der Waals surface area contributed by atoms with Gasteiger partial charge in [-0.2, -0.15) is 0 Å². The molecule has 1 aliphatic rings. The van der Waals surface area contributed by atoms with Gasteiger partial charge < -0.3 is 10.1 Å². The van der Waals surface area contributed by atoms with Crippen molar-refractivity contribution in [3.63, 3.8) is 0 Å². The molecule has 0 bridgehead atoms. The van der Waals surface area contributed by atoms with Crippen molar-refractivity contribution in [3.8, 4) is 5.75 Å². The lowest BCUT2D eigenvalue weighted by Gasteiger charge is -2.29. The number of hydrogen-bond donors (Lipinski definition) is 1. The third kappa shape index (κ3) is 3.76. The van der Waals surface area contributed by atoms with Crippen molar-refractivity contribution in [2.24, 2.45) is 11.8 Å². The number of nitrogens with one attached hydrogen (secondary N) is 1. The molecule has 112 valence electrons. The first kappa shape index (κ1) is 15.4. The molecule has 1 saturated carbocycles. The summed E-state index contributed by atoms with van der Waals surface area (Å²) in [6.45, 7) is 8.51. The van der Waals surface area contributed by atoms with Crippen molar-refractivity contribution in [2.45, 2.75) is 52.5 Å². The fourth-order valence-corrected chi connectivity index (χ4v) is 3.45. The molecular formula is C18H29NO. The molecule has 0 aromatic heterocycles. The van der Waals surface area contributed by atoms with Crippen molar-refractivity contribution in [1.29, 1.82) is 0 Å². The highest BCUT2D eigenvalue weighted by Crippen LogP contribution is 2.40. The van der Waals surface area contributed by atoms with Crippen LogP contribution in [0.15, 0.2) is 24.3 Å². The van der Waals surface area contributed by atoms with Crippen LogP contribution in [0, 0.1) is 11.8 Å². The zero-order chi connectivity index (χ0) is 14.4. The molecule has 0 saturated heterocycles. The van der Waals surface area contributed by atoms with Gasteiger partial charge in [-0.25, -0.2) is 0 Å². The van der Waals surface area contributed by atoms with E-state index in [1.807, 2.05) is 6.92 Å². The van der Waals surface area contributed by atoms with Gasteiger partial charge in [0, 0.05) is 6.04 Å². The van der Waals surface area contributed by atoms with E-state index < -0.39 is 0 Å². The second-order valence-electron chi connectivity index (χ2n) is 6.01. The average Bonchev–Trinajstić information content (AvgIpc) is 2.87. The van der Waals surface area contributed by atoms with Crippen molar-refractivity contribution >= 4 is 0 Å². The third-order valence-electron chi connectivity index (χ3n) is 4.50. The SMILES string of the molecule is CCCNC(c1cccc(OCC)c1)C1CCCC1C. The highest BCUT2D eigenvalue weighted by atomic mass is 16.5. The first-order chi connectivity index (χ1) is 9.76. The van der Waals surface area contributed by atoms with Gasteiger partial charge in [-0.15, -0.1) is 0 Å². The molecule has 2 nitrogen and oxygen atoms in total. The van der Waals surface area contributed by atoms with E-state index in [0.29, 0.717) is 6.04 Å². The van der Waals surface area contributed by atoms with E-state index in [4.69, 9.17) is 4.74 Å². The third-order valence-corrected chi connectivity index (χ3v) is 4.50. The first-order valence-electron chi connectivity index (χ1n) is 8.22. The molecule has 1 aromatic carbocycles. The van der Waals surface area contributed by atoms with E-state index in [1.165, 1.54) is 31.2 Å². The molecule has 0 spiro atoms. The summed E-state index contributed by atoms with van der Waals surface area (Å²) in [7, 11) is 0. The van der Waals surface area contributed by atoms with Crippen LogP contribution in [0.3, 0.4) is 0 Å². The van der Waals surface area contributed by atoms with E-state index in [9.17, 15) is 0 Å². The van der Waals surface area contributed by atoms with E-state index in [1.54, 1.807) is 0 Å². The molecule has 3 atom stereocenters. The molecule has 3 unspecified atom stereocenters. The van der Waals surface area contributed by atoms with Crippen LogP contribution in [-0.2, 0) is 0 Å². The van der Waals surface area contributed by atoms with Gasteiger partial charge in [0.1, 0.15) is 5.75 Å². The zero-order valence-corrected chi connectivity index (χ0v) is 13.2. The van der Waals surface area contributed by atoms with E-state index in [2.05, 4.69) is 43.4 Å². The minimum atomic E-state index is 0.479. The summed E-state index contributed by atoms with van der Waals surface area (Å²) in [4.78, 5) is 0. The maximum atomic E-state index is 5.66. The molecule has 20 heavy (non-hydrogen) atoms. The first-order valence-corrected chi connectivity index (χ1v) is 8.22. The van der Waals surface area contributed by atoms with Crippen LogP contribution in [-0.4, -0.2) is 13.2 Å². The molecule has 0 aliphatic heterocycles. The lowest BCUT2D eigenvalue weighted by Crippen LogP contribution is -2.30. The van der Waals surface area contributed by atoms with E-state index in [-0.39, 0.29) is 0 Å². The Bertz CT molecular complexity index is 404. The minimum absolute atomic E-state index is 0.479. The minimum Gasteiger partial charge on any atom is -0.494 e. The Morgan fingerprint density at radius 3 is 2.80 bits per heavy atom. The molecule has 2 heteroatoms. The van der Waals surface area contributed by atoms with Gasteiger partial charge in [-0.1, -0.05) is 38.8 Å². The standard InChI is InChI=1S/C18H29NO/c1-4-12-19-18(17-11-6-8-14(17)3)15-9-7-10-16(13-15)20-5-2/h7,9-10,13-14,17-19H,4-6,8,11-12H2,1-3H3. The number of benzene rings is 1. The van der Waals surface area contributed by atoms with Crippen molar-refractivity contribution < 1.29 is 4.74 Å². The van der Waals surface area contributed by atoms with Gasteiger partial charge in [0.2, 0.25) is 0 Å². The molecule has 1 fully saturated rings. The summed E-state index contributed by atoms with van der Waals surface area (Å²) < 4.78 is 5.66. The Morgan fingerprint density at radius 1 is 1.30 bits per heavy atom. The molecule has 1 N–H and O–H groups in total. The number of hydrogen-bond acceptors (Lipinski definition) is 2. The summed E-state index contributed by atoms with van der Waals surface area (Å²) in [5.74, 6) is 2.58. The Kier molecular flexibility index (Phi) is 5.90. The highest BCUT2D eigenvalue weighted by molar-refractivity contribution is 5.31. The Morgan fingerprint density at radius 2 is 2.15 bits per heavy atom. The maximum Gasteiger partial charge on any atom is 0.119 e. The maximum absolute atomic E-state index is 5.66. The van der Waals surface area contributed by atoms with Crippen LogP contribution in [0.25, 0.3) is 0 Å². The smallest absolute Gasteiger partial charge is 0.119 e. The molecule has 0 amide bonds. The lowest BCUT2D eigenvalue weighted by atomic mass is 9.85. The topological polar surface area (TPSA) is 21.3 Å². The summed E-state index contributed by atoms with van der Waals surface area (Å²) in [6.07, 6.45) is 5.28. The molecule has 0 heterocycles. The van der Waals surface area contributed by atoms with E-state index >= 15 is 0 Å². The lowest BCUT2D eigenvalue weighted by molar-refractivity contribution is 0.299. The van der Waals surface area contributed by atoms with Gasteiger partial charge in [-0.05, 0) is 55.8 Å². The molecule has 1 aromatic rings. The highest BCUT2D eigenvalue weighted by Gasteiger charge is 2.31. The number of rotatable bonds is 7. The molecule has 1 aliphatic carbocycles. The Labute approximate surface area is 123 Å². The molecule has 0 radical (unpaired) electrons. The van der Waals surface area contributed by atoms with Crippen LogP contribution in [0.2, 0.25) is 0 Å². The number of ether oxygens (including phenoxy) is 1.